The molecule has 4 aromatic rings. The third kappa shape index (κ3) is 5.36. The van der Waals surface area contributed by atoms with E-state index in [9.17, 15) is 9.59 Å². The summed E-state index contributed by atoms with van der Waals surface area (Å²) in [5.41, 5.74) is 7.66. The summed E-state index contributed by atoms with van der Waals surface area (Å²) in [5.74, 6) is -0.129. The molecule has 0 radical (unpaired) electrons. The maximum atomic E-state index is 12.5. The molecule has 2 amide bonds. The fourth-order valence-corrected chi connectivity index (χ4v) is 4.15. The molecule has 3 aromatic carbocycles. The highest BCUT2D eigenvalue weighted by Crippen LogP contribution is 2.32. The van der Waals surface area contributed by atoms with Gasteiger partial charge in [-0.15, -0.1) is 10.2 Å². The van der Waals surface area contributed by atoms with Gasteiger partial charge in [-0.3, -0.25) is 14.2 Å². The zero-order chi connectivity index (χ0) is 23.4. The van der Waals surface area contributed by atoms with Crippen LogP contribution in [0.15, 0.2) is 78.0 Å². The molecular weight excluding hydrogens is 481 g/mol. The average molecular weight is 498 g/mol. The summed E-state index contributed by atoms with van der Waals surface area (Å²) in [6, 6.07) is 20.9. The number of nitrogens with one attached hydrogen (secondary N) is 1. The van der Waals surface area contributed by atoms with Gasteiger partial charge in [0.2, 0.25) is 11.8 Å². The van der Waals surface area contributed by atoms with E-state index in [1.54, 1.807) is 42.5 Å². The predicted molar refractivity (Wildman–Crippen MR) is 131 cm³/mol. The number of hydrogen-bond donors (Lipinski definition) is 2. The summed E-state index contributed by atoms with van der Waals surface area (Å²) in [6.07, 6.45) is 0. The van der Waals surface area contributed by atoms with Crippen molar-refractivity contribution in [3.63, 3.8) is 0 Å². The zero-order valence-corrected chi connectivity index (χ0v) is 19.4. The largest absolute Gasteiger partial charge is 0.366 e. The fourth-order valence-electron chi connectivity index (χ4n) is 3.05. The summed E-state index contributed by atoms with van der Waals surface area (Å²) in [4.78, 5) is 23.7. The van der Waals surface area contributed by atoms with Gasteiger partial charge >= 0.3 is 0 Å². The molecule has 0 fully saturated rings. The molecular formula is C23H17Cl2N5O2S. The number of benzene rings is 3. The summed E-state index contributed by atoms with van der Waals surface area (Å²) < 4.78 is 1.83. The van der Waals surface area contributed by atoms with Crippen LogP contribution in [-0.2, 0) is 4.79 Å². The van der Waals surface area contributed by atoms with Gasteiger partial charge in [0.1, 0.15) is 0 Å². The molecule has 3 N–H and O–H groups in total. The van der Waals surface area contributed by atoms with Gasteiger partial charge in [0.15, 0.2) is 11.0 Å². The first-order chi connectivity index (χ1) is 15.9. The van der Waals surface area contributed by atoms with Crippen molar-refractivity contribution in [2.24, 2.45) is 5.73 Å². The summed E-state index contributed by atoms with van der Waals surface area (Å²) >= 11 is 13.7. The molecule has 0 aliphatic rings. The molecule has 0 bridgehead atoms. The Morgan fingerprint density at radius 3 is 2.30 bits per heavy atom. The quantitative estimate of drug-likeness (QED) is 0.347. The van der Waals surface area contributed by atoms with E-state index in [4.69, 9.17) is 28.9 Å². The highest BCUT2D eigenvalue weighted by molar-refractivity contribution is 7.99. The first-order valence-corrected chi connectivity index (χ1v) is 11.5. The number of carbonyl (C=O) groups excluding carboxylic acids is 2. The lowest BCUT2D eigenvalue weighted by Crippen LogP contribution is -2.15. The minimum absolute atomic E-state index is 0.0891. The van der Waals surface area contributed by atoms with Gasteiger partial charge < -0.3 is 11.1 Å². The number of anilines is 1. The van der Waals surface area contributed by atoms with E-state index in [1.807, 2.05) is 34.9 Å². The highest BCUT2D eigenvalue weighted by atomic mass is 35.5. The van der Waals surface area contributed by atoms with E-state index in [0.29, 0.717) is 37.8 Å². The van der Waals surface area contributed by atoms with Gasteiger partial charge in [-0.05, 0) is 60.7 Å². The highest BCUT2D eigenvalue weighted by Gasteiger charge is 2.19. The van der Waals surface area contributed by atoms with Crippen molar-refractivity contribution < 1.29 is 9.59 Å². The van der Waals surface area contributed by atoms with E-state index in [2.05, 4.69) is 15.5 Å². The lowest BCUT2D eigenvalue weighted by Gasteiger charge is -2.11. The summed E-state index contributed by atoms with van der Waals surface area (Å²) in [7, 11) is 0. The van der Waals surface area contributed by atoms with Crippen molar-refractivity contribution in [1.82, 2.24) is 14.8 Å². The molecule has 0 unspecified atom stereocenters. The Morgan fingerprint density at radius 1 is 0.939 bits per heavy atom. The van der Waals surface area contributed by atoms with Gasteiger partial charge in [0.25, 0.3) is 0 Å². The molecule has 0 aliphatic carbocycles. The molecule has 166 valence electrons. The van der Waals surface area contributed by atoms with Crippen molar-refractivity contribution in [3.8, 4) is 17.1 Å². The van der Waals surface area contributed by atoms with Crippen LogP contribution in [0.5, 0.6) is 0 Å². The van der Waals surface area contributed by atoms with Crippen LogP contribution in [0.4, 0.5) is 5.69 Å². The Balaban J connectivity index is 1.57. The molecule has 0 aliphatic heterocycles. The Bertz CT molecular complexity index is 1310. The zero-order valence-electron chi connectivity index (χ0n) is 17.0. The monoisotopic (exact) mass is 497 g/mol. The smallest absolute Gasteiger partial charge is 0.248 e. The first kappa shape index (κ1) is 22.8. The number of nitrogens with zero attached hydrogens (tertiary/aromatic N) is 3. The van der Waals surface area contributed by atoms with E-state index in [0.717, 1.165) is 5.69 Å². The lowest BCUT2D eigenvalue weighted by molar-refractivity contribution is -0.113. The van der Waals surface area contributed by atoms with Gasteiger partial charge in [0, 0.05) is 27.5 Å². The third-order valence-electron chi connectivity index (χ3n) is 4.62. The maximum absolute atomic E-state index is 12.5. The SMILES string of the molecule is NC(=O)c1ccc(NC(=O)CSc2nnc(-c3ccccc3Cl)n2-c2ccc(Cl)cc2)cc1. The van der Waals surface area contributed by atoms with Gasteiger partial charge in [-0.2, -0.15) is 0 Å². The molecule has 7 nitrogen and oxygen atoms in total. The second-order valence-electron chi connectivity index (χ2n) is 6.88. The third-order valence-corrected chi connectivity index (χ3v) is 6.13. The van der Waals surface area contributed by atoms with E-state index in [1.165, 1.54) is 11.8 Å². The number of primary amides is 1. The standard InChI is InChI=1S/C23H17Cl2N5O2S/c24-15-7-11-17(12-8-15)30-22(18-3-1-2-4-19(18)25)28-29-23(30)33-13-20(31)27-16-9-5-14(6-10-16)21(26)32/h1-12H,13H2,(H2,26,32)(H,27,31). The van der Waals surface area contributed by atoms with Crippen LogP contribution >= 0.6 is 35.0 Å². The van der Waals surface area contributed by atoms with Crippen LogP contribution < -0.4 is 11.1 Å². The number of nitrogens with two attached hydrogens (primary N) is 1. The molecule has 1 aromatic heterocycles. The summed E-state index contributed by atoms with van der Waals surface area (Å²) in [5, 5.41) is 13.1. The minimum atomic E-state index is -0.528. The second-order valence-corrected chi connectivity index (χ2v) is 8.66. The molecule has 1 heterocycles. The molecule has 33 heavy (non-hydrogen) atoms. The van der Waals surface area contributed by atoms with Crippen molar-refractivity contribution in [3.05, 3.63) is 88.4 Å². The molecule has 0 saturated heterocycles. The normalized spacial score (nSPS) is 10.7. The molecule has 10 heteroatoms. The second kappa shape index (κ2) is 10.1. The Kier molecular flexibility index (Phi) is 6.98. The summed E-state index contributed by atoms with van der Waals surface area (Å²) in [6.45, 7) is 0. The van der Waals surface area contributed by atoms with Crippen LogP contribution in [0.25, 0.3) is 17.1 Å². The maximum Gasteiger partial charge on any atom is 0.248 e. The number of aromatic nitrogens is 3. The van der Waals surface area contributed by atoms with Gasteiger partial charge in [0.05, 0.1) is 10.8 Å². The number of thioether (sulfide) groups is 1. The number of hydrogen-bond acceptors (Lipinski definition) is 5. The minimum Gasteiger partial charge on any atom is -0.366 e. The van der Waals surface area contributed by atoms with Crippen molar-refractivity contribution in [1.29, 1.82) is 0 Å². The number of rotatable bonds is 7. The van der Waals surface area contributed by atoms with Gasteiger partial charge in [-0.1, -0.05) is 47.1 Å². The molecule has 0 saturated carbocycles. The van der Waals surface area contributed by atoms with Crippen LogP contribution in [-0.4, -0.2) is 32.3 Å². The van der Waals surface area contributed by atoms with Crippen LogP contribution in [0.1, 0.15) is 10.4 Å². The van der Waals surface area contributed by atoms with Crippen molar-refractivity contribution in [2.45, 2.75) is 5.16 Å². The Hall–Kier alpha value is -3.33. The number of amides is 2. The van der Waals surface area contributed by atoms with Crippen molar-refractivity contribution in [2.75, 3.05) is 11.1 Å². The first-order valence-electron chi connectivity index (χ1n) is 9.71. The molecule has 4 rings (SSSR count). The number of halogens is 2. The Morgan fingerprint density at radius 2 is 1.64 bits per heavy atom. The van der Waals surface area contributed by atoms with Gasteiger partial charge in [-0.25, -0.2) is 0 Å². The van der Waals surface area contributed by atoms with E-state index < -0.39 is 5.91 Å². The molecule has 0 atom stereocenters. The van der Waals surface area contributed by atoms with Crippen molar-refractivity contribution >= 4 is 52.5 Å². The average Bonchev–Trinajstić information content (AvgIpc) is 3.22. The topological polar surface area (TPSA) is 103 Å². The Labute approximate surface area is 203 Å². The number of carbonyl (C=O) groups is 2. The van der Waals surface area contributed by atoms with Crippen LogP contribution in [0, 0.1) is 0 Å². The fraction of sp³-hybridized carbons (Fsp3) is 0.0435. The lowest BCUT2D eigenvalue weighted by atomic mass is 10.2. The predicted octanol–water partition coefficient (Wildman–Crippen LogP) is 5.07. The molecule has 0 spiro atoms. The van der Waals surface area contributed by atoms with Crippen LogP contribution in [0.2, 0.25) is 10.0 Å². The van der Waals surface area contributed by atoms with Crippen LogP contribution in [0.3, 0.4) is 0 Å². The van der Waals surface area contributed by atoms with E-state index >= 15 is 0 Å². The van der Waals surface area contributed by atoms with E-state index in [-0.39, 0.29) is 11.7 Å².